The number of hydrogen-bond acceptors (Lipinski definition) is 4. The highest BCUT2D eigenvalue weighted by atomic mass is 16.2. The molecular weight excluding hydrogens is 346 g/mol. The molecule has 1 aromatic heterocycles. The number of nitrogens with two attached hydrogens (primary N) is 1. The summed E-state index contributed by atoms with van der Waals surface area (Å²) in [7, 11) is 2.04. The van der Waals surface area contributed by atoms with Gasteiger partial charge in [-0.25, -0.2) is 4.79 Å². The lowest BCUT2D eigenvalue weighted by molar-refractivity contribution is -0.899. The van der Waals surface area contributed by atoms with Crippen molar-refractivity contribution in [1.82, 2.24) is 9.55 Å². The Morgan fingerprint density at radius 2 is 1.93 bits per heavy atom. The predicted octanol–water partition coefficient (Wildman–Crippen LogP) is 0.119. The van der Waals surface area contributed by atoms with Crippen LogP contribution in [0, 0.1) is 0 Å². The Morgan fingerprint density at radius 1 is 1.26 bits per heavy atom. The van der Waals surface area contributed by atoms with Crippen LogP contribution >= 0.6 is 0 Å². The van der Waals surface area contributed by atoms with E-state index in [4.69, 9.17) is 5.73 Å². The molecule has 27 heavy (non-hydrogen) atoms. The van der Waals surface area contributed by atoms with E-state index < -0.39 is 11.2 Å². The Balaban J connectivity index is 2.26. The lowest BCUT2D eigenvalue weighted by Gasteiger charge is -2.30. The second kappa shape index (κ2) is 9.73. The first-order valence-corrected chi connectivity index (χ1v) is 10.2. The van der Waals surface area contributed by atoms with E-state index in [1.807, 2.05) is 20.9 Å². The van der Waals surface area contributed by atoms with Crippen molar-refractivity contribution in [3.05, 3.63) is 20.8 Å². The molecule has 8 nitrogen and oxygen atoms in total. The lowest BCUT2D eigenvalue weighted by atomic mass is 9.94. The minimum absolute atomic E-state index is 0.0720. The smallest absolute Gasteiger partial charge is 0.330 e. The second-order valence-electron chi connectivity index (χ2n) is 7.49. The van der Waals surface area contributed by atoms with Crippen LogP contribution in [0.4, 0.5) is 11.5 Å². The van der Waals surface area contributed by atoms with Gasteiger partial charge in [-0.2, -0.15) is 0 Å². The Kier molecular flexibility index (Phi) is 7.65. The van der Waals surface area contributed by atoms with Crippen molar-refractivity contribution >= 4 is 17.4 Å². The van der Waals surface area contributed by atoms with Gasteiger partial charge in [-0.1, -0.05) is 19.8 Å². The maximum atomic E-state index is 13.0. The zero-order valence-electron chi connectivity index (χ0n) is 16.8. The minimum atomic E-state index is -0.601. The Hall–Kier alpha value is -2.09. The van der Waals surface area contributed by atoms with Gasteiger partial charge in [-0.3, -0.25) is 24.0 Å². The van der Waals surface area contributed by atoms with E-state index in [0.29, 0.717) is 25.7 Å². The summed E-state index contributed by atoms with van der Waals surface area (Å²) in [6.45, 7) is 4.89. The third-order valence-electron chi connectivity index (χ3n) is 5.57. The number of aromatic nitrogens is 2. The number of H-pyrrole nitrogens is 1. The van der Waals surface area contributed by atoms with Crippen LogP contribution in [0.3, 0.4) is 0 Å². The SMILES string of the molecule is CCCCn1c(N)c(N(CC)C(=O)C[NH+](C)C2CCCCC2)c(=O)[nH]c1=O. The van der Waals surface area contributed by atoms with Crippen LogP contribution in [-0.4, -0.2) is 41.6 Å². The number of amides is 1. The first-order valence-electron chi connectivity index (χ1n) is 10.2. The molecule has 0 saturated heterocycles. The Labute approximate surface area is 160 Å². The summed E-state index contributed by atoms with van der Waals surface area (Å²) in [5, 5.41) is 0. The fourth-order valence-electron chi connectivity index (χ4n) is 3.91. The van der Waals surface area contributed by atoms with E-state index in [1.54, 1.807) is 0 Å². The number of aromatic amines is 1. The molecule has 0 aliphatic heterocycles. The zero-order chi connectivity index (χ0) is 20.0. The molecule has 0 radical (unpaired) electrons. The number of nitrogens with one attached hydrogen (secondary N) is 2. The topological polar surface area (TPSA) is 106 Å². The summed E-state index contributed by atoms with van der Waals surface area (Å²) in [6.07, 6.45) is 7.62. The number of unbranched alkanes of at least 4 members (excludes halogenated alkanes) is 1. The van der Waals surface area contributed by atoms with Crippen molar-refractivity contribution in [1.29, 1.82) is 0 Å². The van der Waals surface area contributed by atoms with Gasteiger partial charge in [0.1, 0.15) is 5.82 Å². The van der Waals surface area contributed by atoms with E-state index in [2.05, 4.69) is 4.98 Å². The van der Waals surface area contributed by atoms with E-state index in [0.717, 1.165) is 25.7 Å². The summed E-state index contributed by atoms with van der Waals surface area (Å²) in [5.41, 5.74) is 5.12. The van der Waals surface area contributed by atoms with Gasteiger partial charge in [-0.05, 0) is 39.0 Å². The fraction of sp³-hybridized carbons (Fsp3) is 0.737. The van der Waals surface area contributed by atoms with Gasteiger partial charge in [0, 0.05) is 13.1 Å². The number of carbonyl (C=O) groups excluding carboxylic acids is 1. The highest BCUT2D eigenvalue weighted by Crippen LogP contribution is 2.17. The molecule has 1 fully saturated rings. The highest BCUT2D eigenvalue weighted by Gasteiger charge is 2.28. The molecule has 152 valence electrons. The Morgan fingerprint density at radius 3 is 2.52 bits per heavy atom. The van der Waals surface area contributed by atoms with Crippen LogP contribution in [-0.2, 0) is 11.3 Å². The molecule has 1 amide bonds. The molecule has 1 aromatic rings. The number of likely N-dealkylation sites (N-methyl/N-ethyl adjacent to an activating group) is 2. The molecule has 8 heteroatoms. The summed E-state index contributed by atoms with van der Waals surface area (Å²) < 4.78 is 1.36. The molecule has 2 rings (SSSR count). The summed E-state index contributed by atoms with van der Waals surface area (Å²) in [6, 6.07) is 0.482. The average Bonchev–Trinajstić information content (AvgIpc) is 2.65. The molecule has 4 N–H and O–H groups in total. The number of carbonyl (C=O) groups is 1. The van der Waals surface area contributed by atoms with Gasteiger partial charge in [0.05, 0.1) is 13.1 Å². The Bertz CT molecular complexity index is 749. The van der Waals surface area contributed by atoms with Crippen LogP contribution in [0.5, 0.6) is 0 Å². The van der Waals surface area contributed by atoms with Crippen LogP contribution in [0.2, 0.25) is 0 Å². The number of anilines is 2. The summed E-state index contributed by atoms with van der Waals surface area (Å²) in [5.74, 6) is -0.0683. The van der Waals surface area contributed by atoms with Gasteiger partial charge in [0.2, 0.25) is 0 Å². The van der Waals surface area contributed by atoms with Crippen molar-refractivity contribution in [3.8, 4) is 0 Å². The third-order valence-corrected chi connectivity index (χ3v) is 5.57. The minimum Gasteiger partial charge on any atom is -0.383 e. The van der Waals surface area contributed by atoms with Gasteiger partial charge in [-0.15, -0.1) is 0 Å². The molecule has 0 bridgehead atoms. The van der Waals surface area contributed by atoms with E-state index in [9.17, 15) is 14.4 Å². The second-order valence-corrected chi connectivity index (χ2v) is 7.49. The number of hydrogen-bond donors (Lipinski definition) is 3. The first kappa shape index (κ1) is 21.2. The zero-order valence-corrected chi connectivity index (χ0v) is 16.8. The maximum absolute atomic E-state index is 13.0. The molecule has 1 aliphatic carbocycles. The number of nitrogen functional groups attached to an aromatic ring is 1. The molecule has 1 atom stereocenters. The predicted molar refractivity (Wildman–Crippen MR) is 107 cm³/mol. The summed E-state index contributed by atoms with van der Waals surface area (Å²) >= 11 is 0. The fourth-order valence-corrected chi connectivity index (χ4v) is 3.91. The molecule has 1 aliphatic rings. The van der Waals surface area contributed by atoms with Crippen molar-refractivity contribution in [2.45, 2.75) is 71.4 Å². The van der Waals surface area contributed by atoms with E-state index in [-0.39, 0.29) is 17.4 Å². The van der Waals surface area contributed by atoms with Gasteiger partial charge < -0.3 is 10.6 Å². The van der Waals surface area contributed by atoms with Gasteiger partial charge in [0.15, 0.2) is 12.2 Å². The quantitative estimate of drug-likeness (QED) is 0.596. The molecule has 1 heterocycles. The normalized spacial score (nSPS) is 16.3. The highest BCUT2D eigenvalue weighted by molar-refractivity contribution is 5.96. The standard InChI is InChI=1S/C19H33N5O3/c1-4-6-12-24-17(20)16(18(26)21-19(24)27)23(5-2)15(25)13-22(3)14-10-8-7-9-11-14/h14H,4-13,20H2,1-3H3,(H,21,26,27)/p+1. The molecular formula is C19H34N5O3+. The van der Waals surface area contributed by atoms with Crippen molar-refractivity contribution in [2.24, 2.45) is 0 Å². The average molecular weight is 381 g/mol. The van der Waals surface area contributed by atoms with Gasteiger partial charge in [0.25, 0.3) is 11.5 Å². The molecule has 0 spiro atoms. The number of rotatable bonds is 8. The van der Waals surface area contributed by atoms with Crippen LogP contribution < -0.4 is 26.8 Å². The summed E-state index contributed by atoms with van der Waals surface area (Å²) in [4.78, 5) is 42.4. The monoisotopic (exact) mass is 380 g/mol. The van der Waals surface area contributed by atoms with Crippen LogP contribution in [0.1, 0.15) is 58.8 Å². The lowest BCUT2D eigenvalue weighted by Crippen LogP contribution is -3.14. The van der Waals surface area contributed by atoms with Crippen molar-refractivity contribution in [3.63, 3.8) is 0 Å². The van der Waals surface area contributed by atoms with E-state index in [1.165, 1.54) is 33.6 Å². The van der Waals surface area contributed by atoms with Crippen LogP contribution in [0.25, 0.3) is 0 Å². The largest absolute Gasteiger partial charge is 0.383 e. The van der Waals surface area contributed by atoms with Crippen molar-refractivity contribution < 1.29 is 9.69 Å². The van der Waals surface area contributed by atoms with E-state index >= 15 is 0 Å². The molecule has 1 unspecified atom stereocenters. The molecule has 0 aromatic carbocycles. The number of nitrogens with zero attached hydrogens (tertiary/aromatic N) is 2. The third kappa shape index (κ3) is 5.00. The van der Waals surface area contributed by atoms with Gasteiger partial charge >= 0.3 is 5.69 Å². The first-order chi connectivity index (χ1) is 12.9. The maximum Gasteiger partial charge on any atom is 0.330 e. The van der Waals surface area contributed by atoms with Crippen molar-refractivity contribution in [2.75, 3.05) is 30.8 Å². The van der Waals surface area contributed by atoms with Crippen LogP contribution in [0.15, 0.2) is 9.59 Å². The number of quaternary nitrogens is 1. The molecule has 1 saturated carbocycles.